The molecule has 0 saturated heterocycles. The largest absolute Gasteiger partial charge is 0.398 e. The summed E-state index contributed by atoms with van der Waals surface area (Å²) in [6.07, 6.45) is 3.06. The summed E-state index contributed by atoms with van der Waals surface area (Å²) in [5.41, 5.74) is 12.5. The Balaban J connectivity index is 2.39. The van der Waals surface area contributed by atoms with Gasteiger partial charge in [-0.2, -0.15) is 0 Å². The predicted molar refractivity (Wildman–Crippen MR) is 78.9 cm³/mol. The highest BCUT2D eigenvalue weighted by atomic mass is 14.6. The van der Waals surface area contributed by atoms with E-state index in [4.69, 9.17) is 5.73 Å². The van der Waals surface area contributed by atoms with Gasteiger partial charge in [-0.1, -0.05) is 50.2 Å². The highest BCUT2D eigenvalue weighted by Gasteiger charge is 2.09. The molecule has 2 rings (SSSR count). The molecule has 0 aromatic heterocycles. The van der Waals surface area contributed by atoms with Crippen molar-refractivity contribution in [2.24, 2.45) is 0 Å². The standard InChI is InChI=1S/C17H21N/c1-3-15-14(10-11-17(18)16(15)4-2)12-13-8-6-5-7-9-13/h5-11H,3-4,12,18H2,1-2H3. The van der Waals surface area contributed by atoms with E-state index in [1.54, 1.807) is 0 Å². The Hall–Kier alpha value is -1.76. The number of benzene rings is 2. The van der Waals surface area contributed by atoms with Crippen molar-refractivity contribution >= 4 is 5.69 Å². The number of nitrogen functional groups attached to an aromatic ring is 1. The molecule has 2 aromatic rings. The third-order valence-corrected chi connectivity index (χ3v) is 3.51. The fraction of sp³-hybridized carbons (Fsp3) is 0.294. The first-order chi connectivity index (χ1) is 8.76. The maximum atomic E-state index is 6.07. The number of hydrogen-bond donors (Lipinski definition) is 1. The van der Waals surface area contributed by atoms with E-state index < -0.39 is 0 Å². The molecule has 0 spiro atoms. The van der Waals surface area contributed by atoms with E-state index in [1.807, 2.05) is 0 Å². The molecule has 0 unspecified atom stereocenters. The van der Waals surface area contributed by atoms with E-state index in [-0.39, 0.29) is 0 Å². The second-order valence-corrected chi connectivity index (χ2v) is 4.64. The first-order valence-corrected chi connectivity index (χ1v) is 6.69. The third kappa shape index (κ3) is 2.56. The Kier molecular flexibility index (Phi) is 4.03. The first kappa shape index (κ1) is 12.7. The van der Waals surface area contributed by atoms with E-state index in [0.29, 0.717) is 0 Å². The van der Waals surface area contributed by atoms with E-state index in [1.165, 1.54) is 22.3 Å². The summed E-state index contributed by atoms with van der Waals surface area (Å²) in [7, 11) is 0. The zero-order valence-corrected chi connectivity index (χ0v) is 11.2. The van der Waals surface area contributed by atoms with E-state index in [2.05, 4.69) is 56.3 Å². The lowest BCUT2D eigenvalue weighted by Gasteiger charge is -2.15. The van der Waals surface area contributed by atoms with Crippen LogP contribution in [-0.2, 0) is 19.3 Å². The molecule has 1 heteroatoms. The van der Waals surface area contributed by atoms with Gasteiger partial charge in [0, 0.05) is 5.69 Å². The molecular formula is C17H21N. The molecule has 2 aromatic carbocycles. The molecule has 0 heterocycles. The summed E-state index contributed by atoms with van der Waals surface area (Å²) in [6, 6.07) is 14.8. The lowest BCUT2D eigenvalue weighted by Crippen LogP contribution is -2.03. The van der Waals surface area contributed by atoms with Crippen LogP contribution in [0.1, 0.15) is 36.1 Å². The molecule has 0 saturated carbocycles. The van der Waals surface area contributed by atoms with Gasteiger partial charge in [-0.25, -0.2) is 0 Å². The number of anilines is 1. The van der Waals surface area contributed by atoms with Crippen LogP contribution in [0.25, 0.3) is 0 Å². The molecule has 18 heavy (non-hydrogen) atoms. The highest BCUT2D eigenvalue weighted by Crippen LogP contribution is 2.24. The molecule has 0 radical (unpaired) electrons. The van der Waals surface area contributed by atoms with Crippen LogP contribution >= 0.6 is 0 Å². The molecular weight excluding hydrogens is 218 g/mol. The van der Waals surface area contributed by atoms with Crippen LogP contribution in [0.4, 0.5) is 5.69 Å². The van der Waals surface area contributed by atoms with Crippen molar-refractivity contribution in [2.45, 2.75) is 33.1 Å². The summed E-state index contributed by atoms with van der Waals surface area (Å²) in [6.45, 7) is 4.39. The topological polar surface area (TPSA) is 26.0 Å². The quantitative estimate of drug-likeness (QED) is 0.802. The van der Waals surface area contributed by atoms with Crippen LogP contribution in [0, 0.1) is 0 Å². The van der Waals surface area contributed by atoms with Crippen LogP contribution in [0.15, 0.2) is 42.5 Å². The SMILES string of the molecule is CCc1c(N)ccc(Cc2ccccc2)c1CC. The summed E-state index contributed by atoms with van der Waals surface area (Å²) >= 11 is 0. The van der Waals surface area contributed by atoms with Crippen LogP contribution in [0.5, 0.6) is 0 Å². The van der Waals surface area contributed by atoms with Gasteiger partial charge in [-0.05, 0) is 47.6 Å². The summed E-state index contributed by atoms with van der Waals surface area (Å²) in [5, 5.41) is 0. The van der Waals surface area contributed by atoms with E-state index in [0.717, 1.165) is 24.9 Å². The predicted octanol–water partition coefficient (Wildman–Crippen LogP) is 3.98. The average Bonchev–Trinajstić information content (AvgIpc) is 2.41. The maximum Gasteiger partial charge on any atom is 0.0349 e. The number of rotatable bonds is 4. The van der Waals surface area contributed by atoms with Crippen molar-refractivity contribution in [1.29, 1.82) is 0 Å². The molecule has 0 bridgehead atoms. The second kappa shape index (κ2) is 5.72. The number of hydrogen-bond acceptors (Lipinski definition) is 1. The van der Waals surface area contributed by atoms with E-state index >= 15 is 0 Å². The zero-order valence-electron chi connectivity index (χ0n) is 11.2. The molecule has 0 aliphatic heterocycles. The Labute approximate surface area is 110 Å². The van der Waals surface area contributed by atoms with Crippen molar-refractivity contribution in [3.8, 4) is 0 Å². The fourth-order valence-corrected chi connectivity index (χ4v) is 2.60. The Morgan fingerprint density at radius 1 is 0.833 bits per heavy atom. The molecule has 0 amide bonds. The van der Waals surface area contributed by atoms with Gasteiger partial charge >= 0.3 is 0 Å². The smallest absolute Gasteiger partial charge is 0.0349 e. The van der Waals surface area contributed by atoms with Gasteiger partial charge in [0.2, 0.25) is 0 Å². The lowest BCUT2D eigenvalue weighted by atomic mass is 9.92. The van der Waals surface area contributed by atoms with Gasteiger partial charge in [0.15, 0.2) is 0 Å². The fourth-order valence-electron chi connectivity index (χ4n) is 2.60. The van der Waals surface area contributed by atoms with Crippen LogP contribution < -0.4 is 5.73 Å². The van der Waals surface area contributed by atoms with E-state index in [9.17, 15) is 0 Å². The second-order valence-electron chi connectivity index (χ2n) is 4.64. The minimum atomic E-state index is 0.936. The third-order valence-electron chi connectivity index (χ3n) is 3.51. The highest BCUT2D eigenvalue weighted by molar-refractivity contribution is 5.54. The molecule has 2 N–H and O–H groups in total. The first-order valence-electron chi connectivity index (χ1n) is 6.69. The molecule has 0 aliphatic carbocycles. The van der Waals surface area contributed by atoms with Crippen LogP contribution in [0.2, 0.25) is 0 Å². The van der Waals surface area contributed by atoms with Crippen molar-refractivity contribution < 1.29 is 0 Å². The monoisotopic (exact) mass is 239 g/mol. The Bertz CT molecular complexity index is 515. The summed E-state index contributed by atoms with van der Waals surface area (Å²) < 4.78 is 0. The van der Waals surface area contributed by atoms with Crippen LogP contribution in [0.3, 0.4) is 0 Å². The molecule has 0 atom stereocenters. The van der Waals surface area contributed by atoms with Gasteiger partial charge in [-0.3, -0.25) is 0 Å². The lowest BCUT2D eigenvalue weighted by molar-refractivity contribution is 0.997. The normalized spacial score (nSPS) is 10.6. The van der Waals surface area contributed by atoms with Gasteiger partial charge in [-0.15, -0.1) is 0 Å². The minimum Gasteiger partial charge on any atom is -0.398 e. The summed E-state index contributed by atoms with van der Waals surface area (Å²) in [4.78, 5) is 0. The van der Waals surface area contributed by atoms with Crippen molar-refractivity contribution in [1.82, 2.24) is 0 Å². The molecule has 0 aliphatic rings. The maximum absolute atomic E-state index is 6.07. The number of nitrogens with two attached hydrogens (primary N) is 1. The van der Waals surface area contributed by atoms with Gasteiger partial charge < -0.3 is 5.73 Å². The molecule has 1 nitrogen and oxygen atoms in total. The Morgan fingerprint density at radius 3 is 2.11 bits per heavy atom. The molecule has 94 valence electrons. The average molecular weight is 239 g/mol. The van der Waals surface area contributed by atoms with Crippen molar-refractivity contribution in [2.75, 3.05) is 5.73 Å². The zero-order chi connectivity index (χ0) is 13.0. The van der Waals surface area contributed by atoms with Gasteiger partial charge in [0.05, 0.1) is 0 Å². The summed E-state index contributed by atoms with van der Waals surface area (Å²) in [5.74, 6) is 0. The van der Waals surface area contributed by atoms with Gasteiger partial charge in [0.25, 0.3) is 0 Å². The van der Waals surface area contributed by atoms with Crippen molar-refractivity contribution in [3.63, 3.8) is 0 Å². The molecule has 0 fully saturated rings. The van der Waals surface area contributed by atoms with Crippen molar-refractivity contribution in [3.05, 3.63) is 64.7 Å². The van der Waals surface area contributed by atoms with Crippen LogP contribution in [-0.4, -0.2) is 0 Å². The van der Waals surface area contributed by atoms with Gasteiger partial charge in [0.1, 0.15) is 0 Å². The minimum absolute atomic E-state index is 0.936. The Morgan fingerprint density at radius 2 is 1.50 bits per heavy atom.